The molecule has 0 bridgehead atoms. The summed E-state index contributed by atoms with van der Waals surface area (Å²) in [6.45, 7) is 2.57. The second kappa shape index (κ2) is 7.03. The molecule has 2 atom stereocenters. The molecule has 1 rings (SSSR count). The van der Waals surface area contributed by atoms with E-state index in [-0.39, 0.29) is 18.2 Å². The lowest BCUT2D eigenvalue weighted by Crippen LogP contribution is -2.37. The van der Waals surface area contributed by atoms with Gasteiger partial charge in [0.2, 0.25) is 0 Å². The summed E-state index contributed by atoms with van der Waals surface area (Å²) in [7, 11) is 0. The van der Waals surface area contributed by atoms with Crippen molar-refractivity contribution < 1.29 is 18.6 Å². The molecule has 1 aromatic rings. The summed E-state index contributed by atoms with van der Waals surface area (Å²) in [6, 6.07) is 5.47. The molecule has 0 saturated carbocycles. The molecule has 0 saturated heterocycles. The zero-order chi connectivity index (χ0) is 13.9. The van der Waals surface area contributed by atoms with E-state index in [4.69, 9.17) is 5.73 Å². The summed E-state index contributed by atoms with van der Waals surface area (Å²) in [5.74, 6) is 0.00306. The molecule has 0 amide bonds. The molecule has 0 spiro atoms. The second-order valence-corrected chi connectivity index (χ2v) is 5.25. The largest absolute Gasteiger partial charge is 0.434 e. The molecule has 110 valence electrons. The Morgan fingerprint density at radius 1 is 1.21 bits per heavy atom. The second-order valence-electron chi connectivity index (χ2n) is 5.25. The van der Waals surface area contributed by atoms with Crippen LogP contribution >= 0.6 is 12.4 Å². The Labute approximate surface area is 118 Å². The van der Waals surface area contributed by atoms with Gasteiger partial charge >= 0.3 is 6.61 Å². The highest BCUT2D eigenvalue weighted by Crippen LogP contribution is 2.33. The molecule has 0 aliphatic carbocycles. The van der Waals surface area contributed by atoms with Crippen LogP contribution < -0.4 is 10.5 Å². The van der Waals surface area contributed by atoms with Gasteiger partial charge in [-0.05, 0) is 11.5 Å². The fourth-order valence-corrected chi connectivity index (χ4v) is 1.67. The number of aliphatic hydroxyl groups is 1. The van der Waals surface area contributed by atoms with Crippen LogP contribution in [0.15, 0.2) is 24.3 Å². The minimum Gasteiger partial charge on any atom is -0.434 e. The van der Waals surface area contributed by atoms with E-state index >= 15 is 0 Å². The molecule has 0 aliphatic heterocycles. The molecular formula is C13H20ClF2NO2. The lowest BCUT2D eigenvalue weighted by molar-refractivity contribution is -0.0515. The predicted octanol–water partition coefficient (Wildman–Crippen LogP) is 3.12. The van der Waals surface area contributed by atoms with Crippen molar-refractivity contribution in [1.29, 1.82) is 0 Å². The van der Waals surface area contributed by atoms with E-state index in [1.165, 1.54) is 6.07 Å². The van der Waals surface area contributed by atoms with Gasteiger partial charge in [0, 0.05) is 5.56 Å². The third-order valence-corrected chi connectivity index (χ3v) is 2.72. The molecule has 3 N–H and O–H groups in total. The van der Waals surface area contributed by atoms with Gasteiger partial charge in [-0.2, -0.15) is 8.78 Å². The summed E-state index contributed by atoms with van der Waals surface area (Å²) in [5.41, 5.74) is 5.85. The number of para-hydroxylation sites is 1. The number of rotatable bonds is 4. The number of alkyl halides is 2. The minimum atomic E-state index is -2.91. The Bertz CT molecular complexity index is 396. The Kier molecular flexibility index (Phi) is 6.69. The molecule has 0 heterocycles. The quantitative estimate of drug-likeness (QED) is 0.897. The number of ether oxygens (including phenoxy) is 1. The van der Waals surface area contributed by atoms with E-state index in [1.807, 2.05) is 20.8 Å². The molecule has 0 aliphatic rings. The molecule has 6 heteroatoms. The normalized spacial score (nSPS) is 14.7. The van der Waals surface area contributed by atoms with Gasteiger partial charge in [0.05, 0.1) is 12.1 Å². The van der Waals surface area contributed by atoms with Gasteiger partial charge in [0.1, 0.15) is 5.75 Å². The van der Waals surface area contributed by atoms with E-state index in [1.54, 1.807) is 18.2 Å². The molecular weight excluding hydrogens is 276 g/mol. The van der Waals surface area contributed by atoms with Crippen molar-refractivity contribution in [2.45, 2.75) is 39.5 Å². The molecule has 3 nitrogen and oxygen atoms in total. The average Bonchev–Trinajstić information content (AvgIpc) is 2.26. The van der Waals surface area contributed by atoms with E-state index in [0.717, 1.165) is 0 Å². The fourth-order valence-electron chi connectivity index (χ4n) is 1.67. The Balaban J connectivity index is 0.00000324. The smallest absolute Gasteiger partial charge is 0.387 e. The van der Waals surface area contributed by atoms with Crippen molar-refractivity contribution >= 4 is 12.4 Å². The summed E-state index contributed by atoms with van der Waals surface area (Å²) >= 11 is 0. The Morgan fingerprint density at radius 2 is 1.74 bits per heavy atom. The topological polar surface area (TPSA) is 55.5 Å². The van der Waals surface area contributed by atoms with Crippen LogP contribution in [0.3, 0.4) is 0 Å². The average molecular weight is 296 g/mol. The highest BCUT2D eigenvalue weighted by molar-refractivity contribution is 5.85. The molecule has 0 unspecified atom stereocenters. The van der Waals surface area contributed by atoms with Crippen LogP contribution in [0, 0.1) is 5.41 Å². The Hall–Kier alpha value is -0.910. The maximum atomic E-state index is 12.3. The zero-order valence-electron chi connectivity index (χ0n) is 11.1. The number of benzene rings is 1. The van der Waals surface area contributed by atoms with Crippen LogP contribution in [0.2, 0.25) is 0 Å². The molecule has 0 fully saturated rings. The number of nitrogens with two attached hydrogens (primary N) is 1. The van der Waals surface area contributed by atoms with Gasteiger partial charge in [-0.25, -0.2) is 0 Å². The molecule has 19 heavy (non-hydrogen) atoms. The first-order valence-electron chi connectivity index (χ1n) is 5.71. The SMILES string of the molecule is CC(C)(C)[C@H](O)[C@H](N)c1ccccc1OC(F)F.Cl. The van der Waals surface area contributed by atoms with Crippen LogP contribution in [-0.2, 0) is 0 Å². The molecule has 0 aromatic heterocycles. The van der Waals surface area contributed by atoms with E-state index in [0.29, 0.717) is 5.56 Å². The van der Waals surface area contributed by atoms with Crippen molar-refractivity contribution in [2.24, 2.45) is 11.1 Å². The van der Waals surface area contributed by atoms with Crippen LogP contribution in [0.1, 0.15) is 32.4 Å². The van der Waals surface area contributed by atoms with Gasteiger partial charge < -0.3 is 15.6 Å². The van der Waals surface area contributed by atoms with Crippen molar-refractivity contribution in [3.63, 3.8) is 0 Å². The van der Waals surface area contributed by atoms with E-state index < -0.39 is 24.2 Å². The van der Waals surface area contributed by atoms with E-state index in [9.17, 15) is 13.9 Å². The van der Waals surface area contributed by atoms with Crippen molar-refractivity contribution in [2.75, 3.05) is 0 Å². The number of halogens is 3. The van der Waals surface area contributed by atoms with Crippen molar-refractivity contribution in [3.05, 3.63) is 29.8 Å². The maximum absolute atomic E-state index is 12.3. The zero-order valence-corrected chi connectivity index (χ0v) is 12.0. The summed E-state index contributed by atoms with van der Waals surface area (Å²) in [5, 5.41) is 10.1. The number of hydrogen-bond acceptors (Lipinski definition) is 3. The number of hydrogen-bond donors (Lipinski definition) is 2. The summed E-state index contributed by atoms with van der Waals surface area (Å²) in [6.07, 6.45) is -0.861. The third kappa shape index (κ3) is 4.93. The first-order valence-corrected chi connectivity index (χ1v) is 5.71. The summed E-state index contributed by atoms with van der Waals surface area (Å²) in [4.78, 5) is 0. The first kappa shape index (κ1) is 18.1. The third-order valence-electron chi connectivity index (χ3n) is 2.72. The summed E-state index contributed by atoms with van der Waals surface area (Å²) < 4.78 is 29.0. The van der Waals surface area contributed by atoms with Gasteiger partial charge in [-0.15, -0.1) is 12.4 Å². The monoisotopic (exact) mass is 295 g/mol. The van der Waals surface area contributed by atoms with E-state index in [2.05, 4.69) is 4.74 Å². The lowest BCUT2D eigenvalue weighted by atomic mass is 9.82. The first-order chi connectivity index (χ1) is 8.23. The minimum absolute atomic E-state index is 0. The Morgan fingerprint density at radius 3 is 2.21 bits per heavy atom. The predicted molar refractivity (Wildman–Crippen MR) is 72.7 cm³/mol. The van der Waals surface area contributed by atoms with Crippen molar-refractivity contribution in [3.8, 4) is 5.75 Å². The fraction of sp³-hybridized carbons (Fsp3) is 0.538. The standard InChI is InChI=1S/C13H19F2NO2.ClH/c1-13(2,3)11(17)10(16)8-6-4-5-7-9(8)18-12(14)15;/h4-7,10-12,17H,16H2,1-3H3;1H/t10-,11-;/m1./s1. The van der Waals surface area contributed by atoms with Crippen LogP contribution in [-0.4, -0.2) is 17.8 Å². The molecule has 0 radical (unpaired) electrons. The lowest BCUT2D eigenvalue weighted by Gasteiger charge is -2.31. The van der Waals surface area contributed by atoms with Gasteiger partial charge in [0.15, 0.2) is 0 Å². The van der Waals surface area contributed by atoms with Crippen LogP contribution in [0.5, 0.6) is 5.75 Å². The van der Waals surface area contributed by atoms with Crippen LogP contribution in [0.4, 0.5) is 8.78 Å². The van der Waals surface area contributed by atoms with Gasteiger partial charge in [0.25, 0.3) is 0 Å². The highest BCUT2D eigenvalue weighted by Gasteiger charge is 2.30. The van der Waals surface area contributed by atoms with Crippen molar-refractivity contribution in [1.82, 2.24) is 0 Å². The van der Waals surface area contributed by atoms with Crippen LogP contribution in [0.25, 0.3) is 0 Å². The highest BCUT2D eigenvalue weighted by atomic mass is 35.5. The maximum Gasteiger partial charge on any atom is 0.387 e. The van der Waals surface area contributed by atoms with Gasteiger partial charge in [-0.1, -0.05) is 39.0 Å². The number of aliphatic hydroxyl groups excluding tert-OH is 1. The van der Waals surface area contributed by atoms with Gasteiger partial charge in [-0.3, -0.25) is 0 Å². The molecule has 1 aromatic carbocycles.